The summed E-state index contributed by atoms with van der Waals surface area (Å²) in [5.74, 6) is -0.520. The van der Waals surface area contributed by atoms with Gasteiger partial charge in [0, 0.05) is 30.5 Å². The highest BCUT2D eigenvalue weighted by atomic mass is 16.3. The van der Waals surface area contributed by atoms with E-state index in [9.17, 15) is 14.7 Å². The van der Waals surface area contributed by atoms with Crippen molar-refractivity contribution in [1.82, 2.24) is 14.1 Å². The van der Waals surface area contributed by atoms with Crippen molar-refractivity contribution in [3.05, 3.63) is 69.4 Å². The van der Waals surface area contributed by atoms with E-state index in [-0.39, 0.29) is 11.3 Å². The Labute approximate surface area is 174 Å². The molecular formula is C22H25N5O3. The predicted octanol–water partition coefficient (Wildman–Crippen LogP) is 4.35. The topological polar surface area (TPSA) is 102 Å². The van der Waals surface area contributed by atoms with Gasteiger partial charge in [0.25, 0.3) is 5.56 Å². The minimum atomic E-state index is -0.540. The van der Waals surface area contributed by atoms with E-state index in [1.165, 1.54) is 11.6 Å². The molecule has 8 heteroatoms. The van der Waals surface area contributed by atoms with Crippen LogP contribution < -0.4 is 5.56 Å². The molecule has 2 aromatic heterocycles. The number of carbonyl (C=O) groups is 1. The molecule has 30 heavy (non-hydrogen) atoms. The van der Waals surface area contributed by atoms with Gasteiger partial charge in [-0.25, -0.2) is 4.98 Å². The van der Waals surface area contributed by atoms with Crippen LogP contribution in [-0.4, -0.2) is 25.0 Å². The molecule has 8 nitrogen and oxygen atoms in total. The van der Waals surface area contributed by atoms with Gasteiger partial charge in [-0.3, -0.25) is 9.59 Å². The average Bonchev–Trinajstić information content (AvgIpc) is 3.10. The number of hydrogen-bond acceptors (Lipinski definition) is 6. The molecule has 1 aromatic carbocycles. The fourth-order valence-corrected chi connectivity index (χ4v) is 3.18. The zero-order valence-electron chi connectivity index (χ0n) is 17.6. The van der Waals surface area contributed by atoms with Gasteiger partial charge in [-0.2, -0.15) is 0 Å². The minimum absolute atomic E-state index is 0.0303. The number of nitrogens with zero attached hydrogens (tertiary/aromatic N) is 5. The molecule has 0 saturated heterocycles. The van der Waals surface area contributed by atoms with Gasteiger partial charge in [0.05, 0.1) is 11.8 Å². The molecule has 2 heterocycles. The zero-order chi connectivity index (χ0) is 21.8. The molecule has 0 unspecified atom stereocenters. The third kappa shape index (κ3) is 3.94. The number of azo groups is 1. The monoisotopic (exact) mass is 407 g/mol. The molecule has 0 aliphatic carbocycles. The Balaban J connectivity index is 2.09. The summed E-state index contributed by atoms with van der Waals surface area (Å²) < 4.78 is 3.19. The van der Waals surface area contributed by atoms with Gasteiger partial charge >= 0.3 is 0 Å². The Morgan fingerprint density at radius 1 is 1.17 bits per heavy atom. The first-order valence-corrected chi connectivity index (χ1v) is 9.83. The van der Waals surface area contributed by atoms with Gasteiger partial charge in [0.1, 0.15) is 0 Å². The summed E-state index contributed by atoms with van der Waals surface area (Å²) in [6.07, 6.45) is 3.65. The number of pyridine rings is 1. The number of imidazole rings is 1. The van der Waals surface area contributed by atoms with Crippen molar-refractivity contribution in [3.8, 4) is 5.75 Å². The second kappa shape index (κ2) is 8.86. The molecule has 0 aliphatic heterocycles. The van der Waals surface area contributed by atoms with Gasteiger partial charge in [-0.1, -0.05) is 43.7 Å². The fourth-order valence-electron chi connectivity index (χ4n) is 3.18. The lowest BCUT2D eigenvalue weighted by Crippen LogP contribution is -2.22. The Kier molecular flexibility index (Phi) is 6.25. The number of aromatic hydroxyl groups is 1. The standard InChI is InChI=1S/C22H25N5O3/c1-5-6-12-27-14(2)13-23-22(27)25-24-18-20(29)17(15(3)26(4)21(18)30)19(28)16-10-8-7-9-11-16/h7-11,13,29H,5-6,12H2,1-4H3. The number of benzene rings is 1. The Bertz CT molecular complexity index is 1160. The Hall–Kier alpha value is -3.55. The molecule has 0 atom stereocenters. The van der Waals surface area contributed by atoms with E-state index in [0.717, 1.165) is 25.1 Å². The number of hydrogen-bond donors (Lipinski definition) is 1. The maximum atomic E-state index is 13.0. The molecule has 0 saturated carbocycles. The molecule has 3 aromatic rings. The van der Waals surface area contributed by atoms with Gasteiger partial charge < -0.3 is 14.2 Å². The number of aromatic nitrogens is 3. The first-order valence-electron chi connectivity index (χ1n) is 9.83. The van der Waals surface area contributed by atoms with Crippen LogP contribution in [0.4, 0.5) is 11.6 Å². The van der Waals surface area contributed by atoms with Gasteiger partial charge in [-0.05, 0) is 20.3 Å². The van der Waals surface area contributed by atoms with Crippen LogP contribution in [0.2, 0.25) is 0 Å². The van der Waals surface area contributed by atoms with Gasteiger partial charge in [0.15, 0.2) is 17.2 Å². The maximum absolute atomic E-state index is 13.0. The molecule has 3 rings (SSSR count). The third-order valence-electron chi connectivity index (χ3n) is 5.11. The fraction of sp³-hybridized carbons (Fsp3) is 0.318. The molecule has 0 fully saturated rings. The van der Waals surface area contributed by atoms with Gasteiger partial charge in [0.2, 0.25) is 5.95 Å². The molecule has 0 bridgehead atoms. The lowest BCUT2D eigenvalue weighted by molar-refractivity contribution is 0.103. The van der Waals surface area contributed by atoms with Gasteiger partial charge in [-0.15, -0.1) is 10.2 Å². The second-order valence-electron chi connectivity index (χ2n) is 7.12. The van der Waals surface area contributed by atoms with E-state index >= 15 is 0 Å². The van der Waals surface area contributed by atoms with Crippen molar-refractivity contribution in [1.29, 1.82) is 0 Å². The molecule has 0 spiro atoms. The summed E-state index contributed by atoms with van der Waals surface area (Å²) in [5.41, 5.74) is 0.890. The quantitative estimate of drug-likeness (QED) is 0.464. The highest BCUT2D eigenvalue weighted by molar-refractivity contribution is 6.12. The van der Waals surface area contributed by atoms with Crippen molar-refractivity contribution in [2.24, 2.45) is 17.3 Å². The highest BCUT2D eigenvalue weighted by Crippen LogP contribution is 2.32. The number of rotatable bonds is 7. The zero-order valence-corrected chi connectivity index (χ0v) is 17.6. The molecule has 0 aliphatic rings. The smallest absolute Gasteiger partial charge is 0.282 e. The summed E-state index contributed by atoms with van der Waals surface area (Å²) in [6.45, 7) is 6.35. The first-order chi connectivity index (χ1) is 14.4. The van der Waals surface area contributed by atoms with E-state index in [2.05, 4.69) is 22.1 Å². The Morgan fingerprint density at radius 3 is 2.53 bits per heavy atom. The number of aryl methyl sites for hydroxylation is 1. The SMILES string of the molecule is CCCCn1c(C)cnc1N=Nc1c(O)c(C(=O)c2ccccc2)c(C)n(C)c1=O. The second-order valence-corrected chi connectivity index (χ2v) is 7.12. The van der Waals surface area contributed by atoms with Crippen LogP contribution in [0.5, 0.6) is 5.75 Å². The molecule has 0 radical (unpaired) electrons. The number of unbranched alkanes of at least 4 members (excludes halogenated alkanes) is 1. The first kappa shape index (κ1) is 21.2. The molecule has 156 valence electrons. The molecule has 0 amide bonds. The lowest BCUT2D eigenvalue weighted by atomic mass is 10.0. The van der Waals surface area contributed by atoms with E-state index in [4.69, 9.17) is 0 Å². The minimum Gasteiger partial charge on any atom is -0.505 e. The summed E-state index contributed by atoms with van der Waals surface area (Å²) in [4.78, 5) is 29.9. The van der Waals surface area contributed by atoms with Crippen LogP contribution >= 0.6 is 0 Å². The van der Waals surface area contributed by atoms with Crippen molar-refractivity contribution in [2.45, 2.75) is 40.2 Å². The van der Waals surface area contributed by atoms with E-state index in [1.807, 2.05) is 11.5 Å². The average molecular weight is 407 g/mol. The number of carbonyl (C=O) groups excluding carboxylic acids is 1. The Morgan fingerprint density at radius 2 is 1.87 bits per heavy atom. The van der Waals surface area contributed by atoms with Crippen molar-refractivity contribution in [2.75, 3.05) is 0 Å². The molecular weight excluding hydrogens is 382 g/mol. The van der Waals surface area contributed by atoms with E-state index in [0.29, 0.717) is 17.2 Å². The largest absolute Gasteiger partial charge is 0.505 e. The molecule has 1 N–H and O–H groups in total. The predicted molar refractivity (Wildman–Crippen MR) is 114 cm³/mol. The van der Waals surface area contributed by atoms with Crippen LogP contribution in [0.15, 0.2) is 51.6 Å². The summed E-state index contributed by atoms with van der Waals surface area (Å²) >= 11 is 0. The van der Waals surface area contributed by atoms with Crippen LogP contribution in [-0.2, 0) is 13.6 Å². The van der Waals surface area contributed by atoms with Crippen molar-refractivity contribution in [3.63, 3.8) is 0 Å². The summed E-state index contributed by atoms with van der Waals surface area (Å²) in [5, 5.41) is 18.9. The highest BCUT2D eigenvalue weighted by Gasteiger charge is 2.24. The van der Waals surface area contributed by atoms with Crippen LogP contribution in [0, 0.1) is 13.8 Å². The van der Waals surface area contributed by atoms with Crippen molar-refractivity contribution >= 4 is 17.4 Å². The van der Waals surface area contributed by atoms with E-state index < -0.39 is 17.1 Å². The number of ketones is 1. The summed E-state index contributed by atoms with van der Waals surface area (Å²) in [7, 11) is 1.53. The summed E-state index contributed by atoms with van der Waals surface area (Å²) in [6, 6.07) is 8.58. The third-order valence-corrected chi connectivity index (χ3v) is 5.11. The normalized spacial score (nSPS) is 11.3. The van der Waals surface area contributed by atoms with Crippen LogP contribution in [0.25, 0.3) is 0 Å². The van der Waals surface area contributed by atoms with Crippen molar-refractivity contribution < 1.29 is 9.90 Å². The van der Waals surface area contributed by atoms with E-state index in [1.54, 1.807) is 43.5 Å². The van der Waals surface area contributed by atoms with Crippen LogP contribution in [0.3, 0.4) is 0 Å². The van der Waals surface area contributed by atoms with Crippen LogP contribution in [0.1, 0.15) is 47.1 Å². The maximum Gasteiger partial charge on any atom is 0.282 e. The lowest BCUT2D eigenvalue weighted by Gasteiger charge is -2.13.